The van der Waals surface area contributed by atoms with Crippen molar-refractivity contribution in [2.75, 3.05) is 44.3 Å². The third kappa shape index (κ3) is 5.58. The maximum Gasteiger partial charge on any atom is 0.191 e. The number of nitrogens with zero attached hydrogens (tertiary/aromatic N) is 2. The molecule has 3 N–H and O–H groups in total. The summed E-state index contributed by atoms with van der Waals surface area (Å²) in [6.07, 6.45) is 3.22. The van der Waals surface area contributed by atoms with Gasteiger partial charge in [0.2, 0.25) is 0 Å². The minimum atomic E-state index is -0.788. The summed E-state index contributed by atoms with van der Waals surface area (Å²) in [7, 11) is 0. The second-order valence-electron chi connectivity index (χ2n) is 7.92. The van der Waals surface area contributed by atoms with E-state index >= 15 is 0 Å². The Morgan fingerprint density at radius 3 is 2.93 bits per heavy atom. The Hall–Kier alpha value is -1.86. The van der Waals surface area contributed by atoms with Crippen molar-refractivity contribution in [2.24, 2.45) is 4.99 Å². The molecule has 1 unspecified atom stereocenters. The molecule has 3 rings (SSSR count). The number of guanidine groups is 1. The van der Waals surface area contributed by atoms with Crippen LogP contribution in [-0.2, 0) is 4.74 Å². The lowest BCUT2D eigenvalue weighted by Crippen LogP contribution is -2.52. The van der Waals surface area contributed by atoms with Gasteiger partial charge in [-0.05, 0) is 44.4 Å². The predicted molar refractivity (Wildman–Crippen MR) is 110 cm³/mol. The monoisotopic (exact) mass is 392 g/mol. The number of rotatable bonds is 5. The van der Waals surface area contributed by atoms with Crippen LogP contribution in [0.2, 0.25) is 0 Å². The first-order valence-electron chi connectivity index (χ1n) is 10.4. The Kier molecular flexibility index (Phi) is 7.13. The minimum absolute atomic E-state index is 0.173. The van der Waals surface area contributed by atoms with Crippen LogP contribution < -0.4 is 15.5 Å². The number of aryl methyl sites for hydroxylation is 1. The van der Waals surface area contributed by atoms with Gasteiger partial charge in [-0.1, -0.05) is 6.07 Å². The van der Waals surface area contributed by atoms with Gasteiger partial charge in [0.1, 0.15) is 5.82 Å². The highest BCUT2D eigenvalue weighted by Gasteiger charge is 2.30. The van der Waals surface area contributed by atoms with E-state index in [0.717, 1.165) is 38.0 Å². The minimum Gasteiger partial charge on any atom is -0.388 e. The first kappa shape index (κ1) is 20.9. The van der Waals surface area contributed by atoms with Crippen molar-refractivity contribution in [1.82, 2.24) is 10.6 Å². The summed E-state index contributed by atoms with van der Waals surface area (Å²) in [5.74, 6) is 0.535. The molecule has 1 aromatic rings. The second kappa shape index (κ2) is 9.56. The lowest BCUT2D eigenvalue weighted by molar-refractivity contribution is -0.0566. The first-order valence-corrected chi connectivity index (χ1v) is 10.4. The van der Waals surface area contributed by atoms with E-state index in [1.165, 1.54) is 0 Å². The fourth-order valence-electron chi connectivity index (χ4n) is 3.83. The Balaban J connectivity index is 1.63. The van der Waals surface area contributed by atoms with Gasteiger partial charge in [-0.15, -0.1) is 0 Å². The molecule has 1 atom stereocenters. The average Bonchev–Trinajstić information content (AvgIpc) is 2.69. The number of aliphatic imine (C=N–C) groups is 1. The fraction of sp³-hybridized carbons (Fsp3) is 0.667. The number of hydrogen-bond acceptors (Lipinski definition) is 4. The summed E-state index contributed by atoms with van der Waals surface area (Å²) < 4.78 is 19.6. The van der Waals surface area contributed by atoms with E-state index in [1.54, 1.807) is 12.1 Å². The van der Waals surface area contributed by atoms with Crippen LogP contribution in [0.4, 0.5) is 10.1 Å². The largest absolute Gasteiger partial charge is 0.388 e. The Morgan fingerprint density at radius 2 is 2.18 bits per heavy atom. The molecule has 2 saturated heterocycles. The lowest BCUT2D eigenvalue weighted by Gasteiger charge is -2.36. The fourth-order valence-corrected chi connectivity index (χ4v) is 3.83. The van der Waals surface area contributed by atoms with Crippen molar-refractivity contribution in [1.29, 1.82) is 0 Å². The van der Waals surface area contributed by atoms with Gasteiger partial charge < -0.3 is 25.4 Å². The van der Waals surface area contributed by atoms with Gasteiger partial charge in [-0.3, -0.25) is 4.99 Å². The van der Waals surface area contributed by atoms with Crippen molar-refractivity contribution in [3.05, 3.63) is 29.6 Å². The van der Waals surface area contributed by atoms with Gasteiger partial charge in [0.05, 0.1) is 17.8 Å². The quantitative estimate of drug-likeness (QED) is 0.529. The van der Waals surface area contributed by atoms with Crippen LogP contribution in [0.15, 0.2) is 23.2 Å². The zero-order valence-corrected chi connectivity index (χ0v) is 17.0. The molecule has 28 heavy (non-hydrogen) atoms. The van der Waals surface area contributed by atoms with Crippen molar-refractivity contribution >= 4 is 11.6 Å². The van der Waals surface area contributed by atoms with Crippen LogP contribution in [0.5, 0.6) is 0 Å². The number of benzene rings is 1. The van der Waals surface area contributed by atoms with E-state index in [4.69, 9.17) is 4.74 Å². The highest BCUT2D eigenvalue weighted by Crippen LogP contribution is 2.24. The molecular weight excluding hydrogens is 359 g/mol. The van der Waals surface area contributed by atoms with Crippen LogP contribution in [0, 0.1) is 12.7 Å². The molecule has 2 heterocycles. The van der Waals surface area contributed by atoms with Crippen molar-refractivity contribution in [3.8, 4) is 0 Å². The molecule has 2 fully saturated rings. The van der Waals surface area contributed by atoms with Gasteiger partial charge in [0, 0.05) is 51.7 Å². The van der Waals surface area contributed by atoms with Gasteiger partial charge >= 0.3 is 0 Å². The Bertz CT molecular complexity index is 676. The van der Waals surface area contributed by atoms with Crippen LogP contribution >= 0.6 is 0 Å². The van der Waals surface area contributed by atoms with Crippen LogP contribution in [-0.4, -0.2) is 62.1 Å². The number of halogens is 1. The van der Waals surface area contributed by atoms with E-state index in [1.807, 2.05) is 19.9 Å². The lowest BCUT2D eigenvalue weighted by atomic mass is 9.95. The normalized spacial score (nSPS) is 22.8. The summed E-state index contributed by atoms with van der Waals surface area (Å²) in [5.41, 5.74) is 0.945. The Morgan fingerprint density at radius 1 is 1.39 bits per heavy atom. The number of aliphatic hydroxyl groups is 1. The number of ether oxygens (including phenoxy) is 1. The molecule has 6 nitrogen and oxygen atoms in total. The smallest absolute Gasteiger partial charge is 0.191 e. The number of piperidine rings is 1. The topological polar surface area (TPSA) is 69.1 Å². The number of hydrogen-bond donors (Lipinski definition) is 3. The zero-order valence-electron chi connectivity index (χ0n) is 17.0. The van der Waals surface area contributed by atoms with Crippen LogP contribution in [0.1, 0.15) is 38.2 Å². The molecule has 7 heteroatoms. The van der Waals surface area contributed by atoms with E-state index in [9.17, 15) is 9.50 Å². The maximum absolute atomic E-state index is 14.3. The van der Waals surface area contributed by atoms with E-state index < -0.39 is 5.60 Å². The molecule has 0 bridgehead atoms. The van der Waals surface area contributed by atoms with Crippen LogP contribution in [0.3, 0.4) is 0 Å². The Labute approximate surface area is 167 Å². The number of anilines is 1. The van der Waals surface area contributed by atoms with E-state index in [-0.39, 0.29) is 11.9 Å². The highest BCUT2D eigenvalue weighted by atomic mass is 19.1. The molecule has 0 radical (unpaired) electrons. The van der Waals surface area contributed by atoms with E-state index in [0.29, 0.717) is 44.2 Å². The maximum atomic E-state index is 14.3. The highest BCUT2D eigenvalue weighted by molar-refractivity contribution is 5.80. The van der Waals surface area contributed by atoms with Gasteiger partial charge in [0.15, 0.2) is 5.96 Å². The standard InChI is InChI=1S/C21H33FN4O2/c1-3-23-20(24-15-21(27)8-11-28-12-9-21)25-17-5-4-10-26(14-17)19-13-16(2)6-7-18(19)22/h6-7,13,17,27H,3-5,8-12,14-15H2,1-2H3,(H2,23,24,25). The van der Waals surface area contributed by atoms with Crippen molar-refractivity contribution in [3.63, 3.8) is 0 Å². The van der Waals surface area contributed by atoms with Gasteiger partial charge in [-0.2, -0.15) is 0 Å². The summed E-state index contributed by atoms with van der Waals surface area (Å²) in [6.45, 7) is 7.85. The molecular formula is C21H33FN4O2. The molecule has 156 valence electrons. The SMILES string of the molecule is CCNC(=NCC1(O)CCOCC1)NC1CCCN(c2cc(C)ccc2F)C1. The summed E-state index contributed by atoms with van der Waals surface area (Å²) in [4.78, 5) is 6.74. The van der Waals surface area contributed by atoms with Gasteiger partial charge in [0.25, 0.3) is 0 Å². The van der Waals surface area contributed by atoms with Crippen LogP contribution in [0.25, 0.3) is 0 Å². The second-order valence-corrected chi connectivity index (χ2v) is 7.92. The first-order chi connectivity index (χ1) is 13.5. The summed E-state index contributed by atoms with van der Waals surface area (Å²) in [5, 5.41) is 17.4. The average molecular weight is 393 g/mol. The molecule has 1 aromatic carbocycles. The predicted octanol–water partition coefficient (Wildman–Crippen LogP) is 2.20. The molecule has 0 aromatic heterocycles. The van der Waals surface area contributed by atoms with Crippen molar-refractivity contribution < 1.29 is 14.2 Å². The van der Waals surface area contributed by atoms with E-state index in [2.05, 4.69) is 20.5 Å². The third-order valence-electron chi connectivity index (χ3n) is 5.50. The molecule has 0 aliphatic carbocycles. The molecule has 2 aliphatic heterocycles. The van der Waals surface area contributed by atoms with Gasteiger partial charge in [-0.25, -0.2) is 4.39 Å². The van der Waals surface area contributed by atoms with Crippen molar-refractivity contribution in [2.45, 2.75) is 51.2 Å². The molecule has 0 saturated carbocycles. The summed E-state index contributed by atoms with van der Waals surface area (Å²) in [6, 6.07) is 5.44. The molecule has 2 aliphatic rings. The third-order valence-corrected chi connectivity index (χ3v) is 5.50. The number of nitrogens with one attached hydrogen (secondary N) is 2. The molecule has 0 spiro atoms. The zero-order chi connectivity index (χ0) is 20.0. The summed E-state index contributed by atoms with van der Waals surface area (Å²) >= 11 is 0. The molecule has 0 amide bonds.